The standard InChI is InChI=1S/C51H84N14O15/c1-8-27(6)41(65-48(77)36(24-29-11-13-30(66)14-12-29)63-43(72)31(52)15-20-40(69)70)49(78)61-32(10-9-21-57-51(55)56)44(73)58-28(7)42(71)62-35(22-25(2)3)47(76)60-33(16-18-38(53)67)45(74)59-34(17-19-39(54)68)46(75)64-37(50(79)80)23-26(4)5/h11-14,25-28,31-37,41,66H,8-10,15-24,52H2,1-7H3,(H2,53,67)(H2,54,68)(H,58,73)(H,59,74)(H,60,76)(H,61,78)(H,62,71)(H,63,72)(H,64,75)(H,65,77)(H,69,70)(H,79,80)(H4,55,56,57)/t27-,28-,31-,32-,33-,34-,35-,36-,37-,41-/m0/s1. The van der Waals surface area contributed by atoms with E-state index in [4.69, 9.17) is 33.8 Å². The highest BCUT2D eigenvalue weighted by Crippen LogP contribution is 2.15. The predicted octanol–water partition coefficient (Wildman–Crippen LogP) is -3.17. The summed E-state index contributed by atoms with van der Waals surface area (Å²) in [5, 5.41) is 48.8. The molecule has 448 valence electrons. The fraction of sp³-hybridized carbons (Fsp3) is 0.627. The second-order valence-electron chi connectivity index (χ2n) is 20.4. The highest BCUT2D eigenvalue weighted by atomic mass is 16.4. The van der Waals surface area contributed by atoms with Crippen LogP contribution in [-0.2, 0) is 64.0 Å². The number of aromatic hydroxyl groups is 1. The Bertz CT molecular complexity index is 2330. The third-order valence-electron chi connectivity index (χ3n) is 12.4. The van der Waals surface area contributed by atoms with Crippen molar-refractivity contribution in [2.75, 3.05) is 6.54 Å². The molecule has 29 nitrogen and oxygen atoms in total. The number of guanidine groups is 1. The van der Waals surface area contributed by atoms with E-state index >= 15 is 0 Å². The van der Waals surface area contributed by atoms with Crippen molar-refractivity contribution < 1.29 is 72.9 Å². The molecule has 0 unspecified atom stereocenters. The first-order valence-corrected chi connectivity index (χ1v) is 26.4. The summed E-state index contributed by atoms with van der Waals surface area (Å²) in [5.74, 6) is -12.9. The number of primary amides is 2. The van der Waals surface area contributed by atoms with Gasteiger partial charge in [0.25, 0.3) is 0 Å². The molecule has 0 aliphatic carbocycles. The molecular formula is C51H84N14O15. The predicted molar refractivity (Wildman–Crippen MR) is 291 cm³/mol. The molecule has 0 aliphatic rings. The molecule has 0 aromatic heterocycles. The molecular weight excluding hydrogens is 1050 g/mol. The normalized spacial score (nSPS) is 14.8. The minimum atomic E-state index is -1.58. The van der Waals surface area contributed by atoms with Gasteiger partial charge in [0.15, 0.2) is 5.96 Å². The van der Waals surface area contributed by atoms with Crippen LogP contribution >= 0.6 is 0 Å². The molecule has 0 fully saturated rings. The van der Waals surface area contributed by atoms with E-state index in [1.807, 2.05) is 0 Å². The van der Waals surface area contributed by atoms with Gasteiger partial charge in [0.1, 0.15) is 54.1 Å². The molecule has 1 rings (SSSR count). The zero-order chi connectivity index (χ0) is 61.0. The number of nitrogens with zero attached hydrogens (tertiary/aromatic N) is 1. The highest BCUT2D eigenvalue weighted by Gasteiger charge is 2.36. The number of phenols is 1. The maximum Gasteiger partial charge on any atom is 0.326 e. The van der Waals surface area contributed by atoms with E-state index in [0.29, 0.717) is 12.0 Å². The molecule has 0 bridgehead atoms. The number of aliphatic carboxylic acids is 2. The molecule has 10 amide bonds. The Kier molecular flexibility index (Phi) is 30.9. The molecule has 29 heteroatoms. The van der Waals surface area contributed by atoms with Crippen molar-refractivity contribution in [3.63, 3.8) is 0 Å². The van der Waals surface area contributed by atoms with E-state index in [2.05, 4.69) is 47.5 Å². The number of hydrogen-bond acceptors (Lipinski definition) is 15. The van der Waals surface area contributed by atoms with Gasteiger partial charge in [0.05, 0.1) is 6.04 Å². The van der Waals surface area contributed by atoms with Crippen molar-refractivity contribution in [2.24, 2.45) is 51.4 Å². The maximum atomic E-state index is 14.2. The minimum absolute atomic E-state index is 0.00591. The van der Waals surface area contributed by atoms with E-state index in [-0.39, 0.29) is 75.0 Å². The average molecular weight is 1130 g/mol. The number of benzene rings is 1. The van der Waals surface area contributed by atoms with Crippen molar-refractivity contribution in [1.29, 1.82) is 0 Å². The molecule has 1 aromatic rings. The van der Waals surface area contributed by atoms with Crippen LogP contribution in [0.15, 0.2) is 29.3 Å². The number of carbonyl (C=O) groups is 12. The number of aliphatic imine (C=N–C) groups is 1. The summed E-state index contributed by atoms with van der Waals surface area (Å²) in [6, 6.07) is -7.04. The summed E-state index contributed by atoms with van der Waals surface area (Å²) in [6.07, 6.45) is -2.19. The Labute approximate surface area is 464 Å². The summed E-state index contributed by atoms with van der Waals surface area (Å²) in [5.41, 5.74) is 28.1. The van der Waals surface area contributed by atoms with Crippen molar-refractivity contribution in [2.45, 2.75) is 180 Å². The fourth-order valence-corrected chi connectivity index (χ4v) is 7.76. The van der Waals surface area contributed by atoms with Crippen LogP contribution in [0.3, 0.4) is 0 Å². The third-order valence-corrected chi connectivity index (χ3v) is 12.4. The molecule has 0 radical (unpaired) electrons. The number of carbonyl (C=O) groups excluding carboxylic acids is 10. The first-order valence-electron chi connectivity index (χ1n) is 26.4. The van der Waals surface area contributed by atoms with Crippen LogP contribution in [0.5, 0.6) is 5.75 Å². The zero-order valence-corrected chi connectivity index (χ0v) is 46.5. The summed E-state index contributed by atoms with van der Waals surface area (Å²) >= 11 is 0. The second-order valence-corrected chi connectivity index (χ2v) is 20.4. The van der Waals surface area contributed by atoms with Gasteiger partial charge < -0.3 is 86.5 Å². The average Bonchev–Trinajstić information content (AvgIpc) is 3.36. The fourth-order valence-electron chi connectivity index (χ4n) is 7.76. The zero-order valence-electron chi connectivity index (χ0n) is 46.5. The number of nitrogens with two attached hydrogens (primary N) is 5. The van der Waals surface area contributed by atoms with E-state index in [1.165, 1.54) is 31.2 Å². The molecule has 1 aromatic carbocycles. The Balaban J connectivity index is 3.50. The Morgan fingerprint density at radius 1 is 0.512 bits per heavy atom. The van der Waals surface area contributed by atoms with Crippen LogP contribution < -0.4 is 71.2 Å². The van der Waals surface area contributed by atoms with Crippen molar-refractivity contribution in [3.05, 3.63) is 29.8 Å². The van der Waals surface area contributed by atoms with Gasteiger partial charge in [0, 0.05) is 32.2 Å². The van der Waals surface area contributed by atoms with Crippen LogP contribution in [0.1, 0.15) is 125 Å². The molecule has 0 saturated heterocycles. The van der Waals surface area contributed by atoms with Gasteiger partial charge in [-0.2, -0.15) is 0 Å². The van der Waals surface area contributed by atoms with E-state index in [0.717, 1.165) is 0 Å². The molecule has 10 atom stereocenters. The van der Waals surface area contributed by atoms with Crippen LogP contribution in [0.4, 0.5) is 0 Å². The van der Waals surface area contributed by atoms with Gasteiger partial charge >= 0.3 is 11.9 Å². The largest absolute Gasteiger partial charge is 0.508 e. The van der Waals surface area contributed by atoms with Crippen LogP contribution in [0, 0.1) is 17.8 Å². The Morgan fingerprint density at radius 3 is 1.43 bits per heavy atom. The summed E-state index contributed by atoms with van der Waals surface area (Å²) < 4.78 is 0. The van der Waals surface area contributed by atoms with Crippen LogP contribution in [0.2, 0.25) is 0 Å². The summed E-state index contributed by atoms with van der Waals surface area (Å²) in [4.78, 5) is 161. The van der Waals surface area contributed by atoms with Crippen LogP contribution in [0.25, 0.3) is 0 Å². The Hall–Kier alpha value is -8.11. The lowest BCUT2D eigenvalue weighted by Crippen LogP contribution is -2.61. The quantitative estimate of drug-likeness (QED) is 0.0176. The Morgan fingerprint density at radius 2 is 0.950 bits per heavy atom. The second kappa shape index (κ2) is 35.4. The lowest BCUT2D eigenvalue weighted by Gasteiger charge is -2.29. The van der Waals surface area contributed by atoms with Crippen molar-refractivity contribution in [3.8, 4) is 5.75 Å². The molecule has 0 heterocycles. The lowest BCUT2D eigenvalue weighted by atomic mass is 9.96. The molecule has 0 spiro atoms. The maximum absolute atomic E-state index is 14.2. The topological polar surface area (TPSA) is 504 Å². The molecule has 21 N–H and O–H groups in total. The number of amides is 10. The van der Waals surface area contributed by atoms with Gasteiger partial charge in [-0.25, -0.2) is 4.79 Å². The number of nitrogens with one attached hydrogen (secondary N) is 8. The molecule has 0 saturated carbocycles. The SMILES string of the molecule is CC[C@H](C)[C@H](NC(=O)[C@H](Cc1ccc(O)cc1)NC(=O)[C@@H](N)CCC(=O)O)C(=O)N[C@@H](CCCN=C(N)N)C(=O)N[C@@H](C)C(=O)N[C@@H](CC(C)C)C(=O)N[C@@H](CCC(N)=O)C(=O)N[C@@H](CCC(N)=O)C(=O)N[C@@H](CC(C)C)C(=O)O. The van der Waals surface area contributed by atoms with E-state index in [9.17, 15) is 67.7 Å². The van der Waals surface area contributed by atoms with Gasteiger partial charge in [-0.3, -0.25) is 57.7 Å². The first kappa shape index (κ1) is 69.9. The lowest BCUT2D eigenvalue weighted by molar-refractivity contribution is -0.143. The van der Waals surface area contributed by atoms with Crippen LogP contribution in [-0.4, -0.2) is 153 Å². The minimum Gasteiger partial charge on any atom is -0.508 e. The molecule has 80 heavy (non-hydrogen) atoms. The number of carboxylic acids is 2. The van der Waals surface area contributed by atoms with Gasteiger partial charge in [-0.05, 0) is 87.3 Å². The number of carboxylic acid groups (broad SMARTS) is 2. The van der Waals surface area contributed by atoms with E-state index < -0.39 is 157 Å². The smallest absolute Gasteiger partial charge is 0.326 e. The number of hydrogen-bond donors (Lipinski definition) is 16. The van der Waals surface area contributed by atoms with Crippen molar-refractivity contribution in [1.82, 2.24) is 42.5 Å². The highest BCUT2D eigenvalue weighted by molar-refractivity contribution is 5.98. The van der Waals surface area contributed by atoms with Gasteiger partial charge in [0.2, 0.25) is 59.1 Å². The van der Waals surface area contributed by atoms with Crippen molar-refractivity contribution >= 4 is 77.0 Å². The first-order chi connectivity index (χ1) is 37.3. The summed E-state index contributed by atoms with van der Waals surface area (Å²) in [6.45, 7) is 11.6. The monoisotopic (exact) mass is 1130 g/mol. The summed E-state index contributed by atoms with van der Waals surface area (Å²) in [7, 11) is 0. The molecule has 0 aliphatic heterocycles. The van der Waals surface area contributed by atoms with E-state index in [1.54, 1.807) is 41.5 Å². The number of phenolic OH excluding ortho intramolecular Hbond substituents is 1. The number of rotatable bonds is 38. The third kappa shape index (κ3) is 27.5. The van der Waals surface area contributed by atoms with Gasteiger partial charge in [-0.1, -0.05) is 60.1 Å². The van der Waals surface area contributed by atoms with Gasteiger partial charge in [-0.15, -0.1) is 0 Å².